The Balaban J connectivity index is 1.13. The summed E-state index contributed by atoms with van der Waals surface area (Å²) >= 11 is 0. The van der Waals surface area contributed by atoms with Crippen molar-refractivity contribution in [2.45, 2.75) is 64.5 Å². The normalized spacial score (nSPS) is 19.1. The number of rotatable bonds is 8. The van der Waals surface area contributed by atoms with E-state index >= 15 is 0 Å². The molecule has 1 aromatic carbocycles. The van der Waals surface area contributed by atoms with E-state index in [0.29, 0.717) is 18.9 Å². The zero-order valence-electron chi connectivity index (χ0n) is 23.3. The highest BCUT2D eigenvalue weighted by molar-refractivity contribution is 5.63. The van der Waals surface area contributed by atoms with Crippen LogP contribution >= 0.6 is 0 Å². The number of hydrogen-bond acceptors (Lipinski definition) is 7. The van der Waals surface area contributed by atoms with Crippen LogP contribution in [-0.2, 0) is 24.9 Å². The molecule has 1 fully saturated rings. The third-order valence-corrected chi connectivity index (χ3v) is 8.55. The number of fused-ring (bicyclic) bond motifs is 2. The minimum atomic E-state index is -0.300. The molecule has 5 heterocycles. The van der Waals surface area contributed by atoms with Gasteiger partial charge in [-0.2, -0.15) is 0 Å². The quantitative estimate of drug-likeness (QED) is 0.398. The predicted octanol–water partition coefficient (Wildman–Crippen LogP) is 5.29. The molecule has 3 aliphatic rings. The van der Waals surface area contributed by atoms with Crippen molar-refractivity contribution in [3.05, 3.63) is 71.1 Å². The Kier molecular flexibility index (Phi) is 7.49. The molecular weight excluding hydrogens is 489 g/mol. The second-order valence-corrected chi connectivity index (χ2v) is 12.0. The number of nitrogens with one attached hydrogen (secondary N) is 1. The van der Waals surface area contributed by atoms with Crippen molar-refractivity contribution in [2.24, 2.45) is 0 Å². The summed E-state index contributed by atoms with van der Waals surface area (Å²) in [5, 5.41) is 3.59. The molecule has 0 unspecified atom stereocenters. The summed E-state index contributed by atoms with van der Waals surface area (Å²) in [7, 11) is 0. The van der Waals surface area contributed by atoms with Gasteiger partial charge in [0.25, 0.3) is 0 Å². The van der Waals surface area contributed by atoms with Gasteiger partial charge in [0, 0.05) is 42.5 Å². The monoisotopic (exact) mass is 529 g/mol. The third-order valence-electron chi connectivity index (χ3n) is 8.55. The van der Waals surface area contributed by atoms with Crippen LogP contribution < -0.4 is 10.2 Å². The fourth-order valence-electron chi connectivity index (χ4n) is 6.63. The number of hydrogen-bond donors (Lipinski definition) is 1. The van der Waals surface area contributed by atoms with Crippen LogP contribution in [0.25, 0.3) is 0 Å². The largest absolute Gasteiger partial charge is 0.348 e. The average Bonchev–Trinajstić information content (AvgIpc) is 3.44. The van der Waals surface area contributed by atoms with Gasteiger partial charge in [-0.15, -0.1) is 0 Å². The molecule has 0 spiro atoms. The van der Waals surface area contributed by atoms with E-state index in [9.17, 15) is 4.39 Å². The molecule has 0 aliphatic carbocycles. The maximum atomic E-state index is 14.3. The molecule has 7 nitrogen and oxygen atoms in total. The van der Waals surface area contributed by atoms with E-state index in [4.69, 9.17) is 0 Å². The van der Waals surface area contributed by atoms with Gasteiger partial charge in [-0.25, -0.2) is 19.3 Å². The van der Waals surface area contributed by atoms with E-state index in [2.05, 4.69) is 62.1 Å². The summed E-state index contributed by atoms with van der Waals surface area (Å²) < 4.78 is 14.3. The Labute approximate surface area is 231 Å². The van der Waals surface area contributed by atoms with Crippen LogP contribution in [0.1, 0.15) is 61.9 Å². The van der Waals surface area contributed by atoms with E-state index in [1.807, 2.05) is 4.90 Å². The minimum Gasteiger partial charge on any atom is -0.348 e. The van der Waals surface area contributed by atoms with Crippen molar-refractivity contribution in [3.8, 4) is 0 Å². The van der Waals surface area contributed by atoms with Crippen molar-refractivity contribution in [1.82, 2.24) is 24.8 Å². The lowest BCUT2D eigenvalue weighted by Gasteiger charge is -2.40. The number of pyridine rings is 1. The van der Waals surface area contributed by atoms with Gasteiger partial charge in [0.2, 0.25) is 0 Å². The molecule has 1 N–H and O–H groups in total. The molecule has 3 aromatic rings. The Bertz CT molecular complexity index is 1300. The lowest BCUT2D eigenvalue weighted by Crippen LogP contribution is -2.42. The summed E-state index contributed by atoms with van der Waals surface area (Å²) in [6.45, 7) is 13.0. The van der Waals surface area contributed by atoms with E-state index < -0.39 is 0 Å². The molecule has 0 bridgehead atoms. The van der Waals surface area contributed by atoms with Crippen molar-refractivity contribution in [1.29, 1.82) is 0 Å². The van der Waals surface area contributed by atoms with Gasteiger partial charge < -0.3 is 15.1 Å². The highest BCUT2D eigenvalue weighted by Crippen LogP contribution is 2.36. The average molecular weight is 530 g/mol. The van der Waals surface area contributed by atoms with Gasteiger partial charge >= 0.3 is 0 Å². The summed E-state index contributed by atoms with van der Waals surface area (Å²) in [4.78, 5) is 20.6. The first kappa shape index (κ1) is 26.1. The van der Waals surface area contributed by atoms with Crippen LogP contribution in [0.15, 0.2) is 42.9 Å². The molecule has 8 heteroatoms. The first-order valence-corrected chi connectivity index (χ1v) is 14.5. The Hall–Kier alpha value is -3.10. The zero-order chi connectivity index (χ0) is 26.8. The van der Waals surface area contributed by atoms with E-state index in [1.54, 1.807) is 18.6 Å². The second kappa shape index (κ2) is 11.2. The number of nitrogens with zero attached hydrogens (tertiary/aromatic N) is 6. The van der Waals surface area contributed by atoms with E-state index in [-0.39, 0.29) is 11.2 Å². The second-order valence-electron chi connectivity index (χ2n) is 12.0. The number of benzene rings is 1. The van der Waals surface area contributed by atoms with Crippen molar-refractivity contribution in [2.75, 3.05) is 49.5 Å². The first-order valence-electron chi connectivity index (χ1n) is 14.5. The van der Waals surface area contributed by atoms with Crippen LogP contribution in [0.5, 0.6) is 0 Å². The Morgan fingerprint density at radius 1 is 0.949 bits per heavy atom. The van der Waals surface area contributed by atoms with E-state index in [1.165, 1.54) is 62.5 Å². The third kappa shape index (κ3) is 5.77. The van der Waals surface area contributed by atoms with Crippen LogP contribution in [0.3, 0.4) is 0 Å². The zero-order valence-corrected chi connectivity index (χ0v) is 23.3. The van der Waals surface area contributed by atoms with Gasteiger partial charge in [-0.1, -0.05) is 19.9 Å². The van der Waals surface area contributed by atoms with Gasteiger partial charge in [0.1, 0.15) is 12.1 Å². The number of halogens is 1. The standard InChI is InChI=1S/C31H40FN7/c1-31(2)21-38(16-6-5-15-37-13-3-4-14-37)19-23-18-24(9-10-26(23)31)36-29-25-11-17-39(20-28(25)34-22-35-29)30-27(32)8-7-12-33-30/h7-10,12,18,22H,3-6,11,13-17,19-21H2,1-2H3,(H,34,35,36). The summed E-state index contributed by atoms with van der Waals surface area (Å²) in [5.41, 5.74) is 6.04. The first-order chi connectivity index (χ1) is 19.0. The summed E-state index contributed by atoms with van der Waals surface area (Å²) in [5.74, 6) is 0.926. The smallest absolute Gasteiger partial charge is 0.165 e. The number of anilines is 3. The maximum Gasteiger partial charge on any atom is 0.165 e. The molecule has 0 atom stereocenters. The summed E-state index contributed by atoms with van der Waals surface area (Å²) in [6.07, 6.45) is 9.25. The number of unbranched alkanes of at least 4 members (excludes halogenated alkanes) is 1. The highest BCUT2D eigenvalue weighted by atomic mass is 19.1. The number of aromatic nitrogens is 3. The molecule has 0 amide bonds. The van der Waals surface area contributed by atoms with Gasteiger partial charge in [-0.3, -0.25) is 4.90 Å². The van der Waals surface area contributed by atoms with Gasteiger partial charge in [-0.05, 0) is 93.7 Å². The Morgan fingerprint density at radius 2 is 1.77 bits per heavy atom. The molecular formula is C31H40FN7. The van der Waals surface area contributed by atoms with Gasteiger partial charge in [0.15, 0.2) is 11.6 Å². The fraction of sp³-hybridized carbons (Fsp3) is 0.516. The van der Waals surface area contributed by atoms with Gasteiger partial charge in [0.05, 0.1) is 12.2 Å². The van der Waals surface area contributed by atoms with Crippen LogP contribution in [0.4, 0.5) is 21.7 Å². The molecule has 39 heavy (non-hydrogen) atoms. The van der Waals surface area contributed by atoms with Crippen molar-refractivity contribution < 1.29 is 4.39 Å². The molecule has 3 aliphatic heterocycles. The summed E-state index contributed by atoms with van der Waals surface area (Å²) in [6, 6.07) is 9.86. The minimum absolute atomic E-state index is 0.124. The molecule has 0 saturated carbocycles. The van der Waals surface area contributed by atoms with Crippen molar-refractivity contribution >= 4 is 17.3 Å². The lowest BCUT2D eigenvalue weighted by molar-refractivity contribution is 0.187. The van der Waals surface area contributed by atoms with Crippen LogP contribution in [0, 0.1) is 5.82 Å². The molecule has 1 saturated heterocycles. The number of likely N-dealkylation sites (tertiary alicyclic amines) is 1. The molecule has 2 aromatic heterocycles. The lowest BCUT2D eigenvalue weighted by atomic mass is 9.78. The maximum absolute atomic E-state index is 14.3. The highest BCUT2D eigenvalue weighted by Gasteiger charge is 2.32. The Morgan fingerprint density at radius 3 is 2.59 bits per heavy atom. The molecule has 206 valence electrons. The van der Waals surface area contributed by atoms with Crippen LogP contribution in [0.2, 0.25) is 0 Å². The SMILES string of the molecule is CC1(C)CN(CCCCN2CCCC2)Cc2cc(Nc3ncnc4c3CCN(c3ncccc3F)C4)ccc21. The fourth-order valence-corrected chi connectivity index (χ4v) is 6.63. The van der Waals surface area contributed by atoms with Crippen LogP contribution in [-0.4, -0.2) is 64.0 Å². The molecule has 0 radical (unpaired) electrons. The van der Waals surface area contributed by atoms with E-state index in [0.717, 1.165) is 48.8 Å². The van der Waals surface area contributed by atoms with Crippen molar-refractivity contribution in [3.63, 3.8) is 0 Å². The molecule has 6 rings (SSSR count). The predicted molar refractivity (Wildman–Crippen MR) is 154 cm³/mol. The topological polar surface area (TPSA) is 60.4 Å².